The van der Waals surface area contributed by atoms with Crippen molar-refractivity contribution in [1.29, 1.82) is 0 Å². The normalized spacial score (nSPS) is 30.5. The van der Waals surface area contributed by atoms with Crippen molar-refractivity contribution in [2.45, 2.75) is 13.0 Å². The predicted molar refractivity (Wildman–Crippen MR) is 35.1 cm³/mol. The predicted octanol–water partition coefficient (Wildman–Crippen LogP) is -0.185. The second-order valence-electron chi connectivity index (χ2n) is 2.54. The van der Waals surface area contributed by atoms with E-state index in [9.17, 15) is 9.59 Å². The zero-order chi connectivity index (χ0) is 8.43. The molecule has 1 amide bonds. The Balaban J connectivity index is 2.61. The van der Waals surface area contributed by atoms with Gasteiger partial charge in [-0.15, -0.1) is 0 Å². The number of hydrogen-bond acceptors (Lipinski definition) is 3. The Bertz CT molecular complexity index is 191. The van der Waals surface area contributed by atoms with Crippen molar-refractivity contribution in [2.75, 3.05) is 6.61 Å². The van der Waals surface area contributed by atoms with Crippen molar-refractivity contribution in [3.8, 4) is 0 Å². The van der Waals surface area contributed by atoms with E-state index in [4.69, 9.17) is 5.11 Å². The van der Waals surface area contributed by atoms with Crippen LogP contribution in [0.3, 0.4) is 0 Å². The van der Waals surface area contributed by atoms with E-state index in [0.29, 0.717) is 0 Å². The largest absolute Gasteiger partial charge is 0.480 e. The van der Waals surface area contributed by atoms with Crippen molar-refractivity contribution in [3.63, 3.8) is 0 Å². The van der Waals surface area contributed by atoms with Gasteiger partial charge in [0.25, 0.3) is 0 Å². The van der Waals surface area contributed by atoms with Gasteiger partial charge in [0.05, 0.1) is 6.61 Å². The zero-order valence-electron chi connectivity index (χ0n) is 6.03. The van der Waals surface area contributed by atoms with E-state index in [1.54, 1.807) is 6.92 Å². The van der Waals surface area contributed by atoms with Crippen LogP contribution in [0, 0.1) is 5.92 Å². The van der Waals surface area contributed by atoms with Gasteiger partial charge in [-0.25, -0.2) is 9.59 Å². The van der Waals surface area contributed by atoms with Gasteiger partial charge in [0.2, 0.25) is 0 Å². The number of alkyl carbamates (subject to hydrolysis) is 1. The van der Waals surface area contributed by atoms with E-state index in [1.165, 1.54) is 0 Å². The van der Waals surface area contributed by atoms with E-state index in [2.05, 4.69) is 10.1 Å². The number of hydrogen-bond donors (Lipinski definition) is 2. The van der Waals surface area contributed by atoms with Crippen LogP contribution in [0.1, 0.15) is 6.92 Å². The Morgan fingerprint density at radius 2 is 2.45 bits per heavy atom. The molecule has 0 spiro atoms. The average molecular weight is 159 g/mol. The van der Waals surface area contributed by atoms with Crippen molar-refractivity contribution < 1.29 is 19.4 Å². The summed E-state index contributed by atoms with van der Waals surface area (Å²) in [5.41, 5.74) is 0. The molecule has 5 heteroatoms. The highest BCUT2D eigenvalue weighted by atomic mass is 16.6. The second kappa shape index (κ2) is 2.77. The lowest BCUT2D eigenvalue weighted by Crippen LogP contribution is -2.51. The summed E-state index contributed by atoms with van der Waals surface area (Å²) in [4.78, 5) is 21.0. The summed E-state index contributed by atoms with van der Waals surface area (Å²) in [7, 11) is 0. The van der Waals surface area contributed by atoms with Gasteiger partial charge in [-0.1, -0.05) is 6.92 Å². The minimum atomic E-state index is -1.02. The van der Waals surface area contributed by atoms with Crippen LogP contribution in [0.5, 0.6) is 0 Å². The molecule has 0 saturated carbocycles. The molecule has 5 nitrogen and oxygen atoms in total. The molecule has 11 heavy (non-hydrogen) atoms. The van der Waals surface area contributed by atoms with Crippen molar-refractivity contribution in [2.24, 2.45) is 5.92 Å². The Kier molecular flexibility index (Phi) is 1.98. The molecule has 0 bridgehead atoms. The number of carboxylic acid groups (broad SMARTS) is 1. The molecule has 2 unspecified atom stereocenters. The smallest absolute Gasteiger partial charge is 0.407 e. The lowest BCUT2D eigenvalue weighted by molar-refractivity contribution is -0.142. The number of ether oxygens (including phenoxy) is 1. The summed E-state index contributed by atoms with van der Waals surface area (Å²) in [5.74, 6) is -1.20. The van der Waals surface area contributed by atoms with Gasteiger partial charge < -0.3 is 15.2 Å². The van der Waals surface area contributed by atoms with E-state index < -0.39 is 18.1 Å². The van der Waals surface area contributed by atoms with E-state index in [1.807, 2.05) is 0 Å². The molecule has 1 heterocycles. The summed E-state index contributed by atoms with van der Waals surface area (Å²) in [6.45, 7) is 1.88. The molecule has 0 aromatic heterocycles. The van der Waals surface area contributed by atoms with Crippen LogP contribution in [0.4, 0.5) is 4.79 Å². The monoisotopic (exact) mass is 159 g/mol. The lowest BCUT2D eigenvalue weighted by Gasteiger charge is -2.25. The van der Waals surface area contributed by atoms with Crippen LogP contribution < -0.4 is 5.32 Å². The maximum Gasteiger partial charge on any atom is 0.407 e. The van der Waals surface area contributed by atoms with Gasteiger partial charge in [0.15, 0.2) is 0 Å². The van der Waals surface area contributed by atoms with Crippen LogP contribution in [-0.2, 0) is 9.53 Å². The van der Waals surface area contributed by atoms with Crippen LogP contribution in [0.25, 0.3) is 0 Å². The molecule has 1 saturated heterocycles. The highest BCUT2D eigenvalue weighted by Crippen LogP contribution is 2.09. The molecule has 2 N–H and O–H groups in total. The van der Waals surface area contributed by atoms with E-state index >= 15 is 0 Å². The van der Waals surface area contributed by atoms with Crippen molar-refractivity contribution in [3.05, 3.63) is 0 Å². The minimum absolute atomic E-state index is 0.169. The minimum Gasteiger partial charge on any atom is -0.480 e. The number of amides is 1. The topological polar surface area (TPSA) is 75.6 Å². The molecule has 0 radical (unpaired) electrons. The van der Waals surface area contributed by atoms with Crippen molar-refractivity contribution in [1.82, 2.24) is 5.32 Å². The van der Waals surface area contributed by atoms with Gasteiger partial charge in [0, 0.05) is 5.92 Å². The maximum absolute atomic E-state index is 10.5. The number of carbonyl (C=O) groups is 2. The lowest BCUT2D eigenvalue weighted by atomic mass is 10.0. The van der Waals surface area contributed by atoms with Gasteiger partial charge in [0.1, 0.15) is 6.04 Å². The van der Waals surface area contributed by atoms with Gasteiger partial charge in [-0.2, -0.15) is 0 Å². The first kappa shape index (κ1) is 7.84. The SMILES string of the molecule is CC1COC(=O)NC1C(=O)O. The third kappa shape index (κ3) is 1.60. The van der Waals surface area contributed by atoms with Crippen LogP contribution in [0.15, 0.2) is 0 Å². The van der Waals surface area contributed by atoms with Gasteiger partial charge >= 0.3 is 12.1 Å². The highest BCUT2D eigenvalue weighted by molar-refractivity contribution is 5.81. The fourth-order valence-corrected chi connectivity index (χ4v) is 0.919. The molecular formula is C6H9NO4. The second-order valence-corrected chi connectivity index (χ2v) is 2.54. The Morgan fingerprint density at radius 3 is 2.91 bits per heavy atom. The first-order valence-corrected chi connectivity index (χ1v) is 3.27. The molecule has 0 aromatic rings. The summed E-state index contributed by atoms with van der Waals surface area (Å²) >= 11 is 0. The first-order valence-electron chi connectivity index (χ1n) is 3.27. The zero-order valence-corrected chi connectivity index (χ0v) is 6.03. The molecular weight excluding hydrogens is 150 g/mol. The number of rotatable bonds is 1. The molecule has 62 valence electrons. The fourth-order valence-electron chi connectivity index (χ4n) is 0.919. The molecule has 1 aliphatic rings. The summed E-state index contributed by atoms with van der Waals surface area (Å²) in [6.07, 6.45) is -0.657. The third-order valence-electron chi connectivity index (χ3n) is 1.59. The maximum atomic E-state index is 10.5. The number of carbonyl (C=O) groups excluding carboxylic acids is 1. The molecule has 1 fully saturated rings. The quantitative estimate of drug-likeness (QED) is 0.556. The molecule has 0 aliphatic carbocycles. The first-order chi connectivity index (χ1) is 5.11. The molecule has 1 aliphatic heterocycles. The third-order valence-corrected chi connectivity index (χ3v) is 1.59. The summed E-state index contributed by atoms with van der Waals surface area (Å²) in [5, 5.41) is 10.8. The molecule has 2 atom stereocenters. The number of aliphatic carboxylic acids is 1. The molecule has 1 rings (SSSR count). The van der Waals surface area contributed by atoms with Gasteiger partial charge in [-0.05, 0) is 0 Å². The molecule has 0 aromatic carbocycles. The number of cyclic esters (lactones) is 1. The number of carboxylic acids is 1. The Morgan fingerprint density at radius 1 is 1.82 bits per heavy atom. The van der Waals surface area contributed by atoms with Crippen molar-refractivity contribution >= 4 is 12.1 Å². The Hall–Kier alpha value is -1.26. The number of nitrogens with one attached hydrogen (secondary N) is 1. The van der Waals surface area contributed by atoms with Crippen LogP contribution >= 0.6 is 0 Å². The highest BCUT2D eigenvalue weighted by Gasteiger charge is 2.31. The van der Waals surface area contributed by atoms with Crippen LogP contribution in [0.2, 0.25) is 0 Å². The fraction of sp³-hybridized carbons (Fsp3) is 0.667. The van der Waals surface area contributed by atoms with E-state index in [-0.39, 0.29) is 12.5 Å². The van der Waals surface area contributed by atoms with Gasteiger partial charge in [-0.3, -0.25) is 0 Å². The summed E-state index contributed by atoms with van der Waals surface area (Å²) in [6, 6.07) is -0.809. The standard InChI is InChI=1S/C6H9NO4/c1-3-2-11-6(10)7-4(3)5(8)9/h3-4H,2H2,1H3,(H,7,10)(H,8,9). The summed E-state index contributed by atoms with van der Waals surface area (Å²) < 4.78 is 4.56. The van der Waals surface area contributed by atoms with Crippen LogP contribution in [-0.4, -0.2) is 29.8 Å². The average Bonchev–Trinajstić information content (AvgIpc) is 1.94. The van der Waals surface area contributed by atoms with E-state index in [0.717, 1.165) is 0 Å². The Labute approximate surface area is 63.3 Å².